The zero-order valence-electron chi connectivity index (χ0n) is 19.7. The second-order valence-corrected chi connectivity index (χ2v) is 9.50. The van der Waals surface area contributed by atoms with Crippen molar-refractivity contribution in [2.45, 2.75) is 13.5 Å². The van der Waals surface area contributed by atoms with Crippen LogP contribution in [0.2, 0.25) is 0 Å². The molecule has 0 bridgehead atoms. The molecule has 180 valence electrons. The molecule has 1 aliphatic heterocycles. The van der Waals surface area contributed by atoms with Crippen molar-refractivity contribution in [3.05, 3.63) is 87.2 Å². The summed E-state index contributed by atoms with van der Waals surface area (Å²) in [7, 11) is 3.23. The monoisotopic (exact) mass is 552 g/mol. The Morgan fingerprint density at radius 2 is 1.71 bits per heavy atom. The Morgan fingerprint density at radius 1 is 0.971 bits per heavy atom. The number of benzene rings is 3. The van der Waals surface area contributed by atoms with Crippen LogP contribution < -0.4 is 14.2 Å². The molecule has 4 rings (SSSR count). The van der Waals surface area contributed by atoms with Crippen LogP contribution in [0, 0.1) is 0 Å². The molecule has 0 unspecified atom stereocenters. The molecule has 0 aliphatic carbocycles. The number of halogens is 1. The number of ether oxygens (including phenoxy) is 3. The van der Waals surface area contributed by atoms with E-state index >= 15 is 0 Å². The van der Waals surface area contributed by atoms with E-state index in [0.717, 1.165) is 27.0 Å². The molecule has 35 heavy (non-hydrogen) atoms. The van der Waals surface area contributed by atoms with Crippen LogP contribution >= 0.6 is 27.7 Å². The van der Waals surface area contributed by atoms with Gasteiger partial charge in [-0.05, 0) is 84.4 Å². The number of carbonyl (C=O) groups excluding carboxylic acids is 1. The van der Waals surface area contributed by atoms with Crippen molar-refractivity contribution in [2.75, 3.05) is 20.8 Å². The number of hydrogen-bond acceptors (Lipinski definition) is 6. The van der Waals surface area contributed by atoms with Gasteiger partial charge in [-0.1, -0.05) is 34.1 Å². The highest BCUT2D eigenvalue weighted by atomic mass is 79.9. The molecular formula is C27H25BrN2O4S. The van der Waals surface area contributed by atoms with E-state index in [1.54, 1.807) is 19.1 Å². The maximum absolute atomic E-state index is 13.0. The van der Waals surface area contributed by atoms with Crippen LogP contribution in [-0.4, -0.2) is 36.7 Å². The van der Waals surface area contributed by atoms with Crippen LogP contribution in [0.4, 0.5) is 5.69 Å². The van der Waals surface area contributed by atoms with Gasteiger partial charge in [-0.3, -0.25) is 9.69 Å². The standard InChI is InChI=1S/C27H25BrN2O4S/c1-4-30-26(31)25(35-27(30)29-21-10-12-22(32-2)13-11-21)16-19-7-14-23(24(15-19)33-3)34-17-18-5-8-20(28)9-6-18/h5-16H,4,17H2,1-3H3/b25-16+,29-27?. The van der Waals surface area contributed by atoms with Gasteiger partial charge in [0.15, 0.2) is 16.7 Å². The van der Waals surface area contributed by atoms with Crippen LogP contribution in [0.3, 0.4) is 0 Å². The highest BCUT2D eigenvalue weighted by Gasteiger charge is 2.32. The maximum Gasteiger partial charge on any atom is 0.266 e. The Balaban J connectivity index is 1.52. The zero-order valence-corrected chi connectivity index (χ0v) is 22.1. The lowest BCUT2D eigenvalue weighted by Gasteiger charge is -2.12. The number of nitrogens with zero attached hydrogens (tertiary/aromatic N) is 2. The molecule has 1 aliphatic rings. The zero-order chi connectivity index (χ0) is 24.8. The molecule has 1 amide bonds. The predicted molar refractivity (Wildman–Crippen MR) is 145 cm³/mol. The van der Waals surface area contributed by atoms with Crippen LogP contribution in [-0.2, 0) is 11.4 Å². The van der Waals surface area contributed by atoms with Gasteiger partial charge in [0.1, 0.15) is 12.4 Å². The minimum absolute atomic E-state index is 0.0701. The summed E-state index contributed by atoms with van der Waals surface area (Å²) in [4.78, 5) is 20.0. The Hall–Kier alpha value is -3.23. The van der Waals surface area contributed by atoms with Crippen molar-refractivity contribution in [1.29, 1.82) is 0 Å². The Bertz CT molecular complexity index is 1260. The lowest BCUT2D eigenvalue weighted by atomic mass is 10.1. The van der Waals surface area contributed by atoms with Gasteiger partial charge in [-0.15, -0.1) is 0 Å². The number of carbonyl (C=O) groups is 1. The molecule has 0 saturated carbocycles. The second-order valence-electron chi connectivity index (χ2n) is 7.58. The average Bonchev–Trinajstić information content (AvgIpc) is 3.17. The van der Waals surface area contributed by atoms with Gasteiger partial charge >= 0.3 is 0 Å². The van der Waals surface area contributed by atoms with E-state index in [0.29, 0.717) is 34.7 Å². The van der Waals surface area contributed by atoms with Crippen molar-refractivity contribution < 1.29 is 19.0 Å². The van der Waals surface area contributed by atoms with Crippen LogP contribution in [0.25, 0.3) is 6.08 Å². The lowest BCUT2D eigenvalue weighted by molar-refractivity contribution is -0.122. The van der Waals surface area contributed by atoms with Gasteiger partial charge in [0.05, 0.1) is 24.8 Å². The van der Waals surface area contributed by atoms with Crippen molar-refractivity contribution >= 4 is 50.5 Å². The van der Waals surface area contributed by atoms with E-state index < -0.39 is 0 Å². The summed E-state index contributed by atoms with van der Waals surface area (Å²) in [5.74, 6) is 1.93. The molecule has 1 fully saturated rings. The molecule has 0 spiro atoms. The number of rotatable bonds is 8. The summed E-state index contributed by atoms with van der Waals surface area (Å²) in [6, 6.07) is 21.0. The number of aliphatic imine (C=N–C) groups is 1. The van der Waals surface area contributed by atoms with E-state index in [1.807, 2.05) is 79.7 Å². The topological polar surface area (TPSA) is 60.4 Å². The van der Waals surface area contributed by atoms with E-state index in [2.05, 4.69) is 20.9 Å². The van der Waals surface area contributed by atoms with Crippen molar-refractivity contribution in [2.24, 2.45) is 4.99 Å². The van der Waals surface area contributed by atoms with Crippen molar-refractivity contribution in [1.82, 2.24) is 4.90 Å². The van der Waals surface area contributed by atoms with Gasteiger partial charge in [-0.2, -0.15) is 0 Å². The van der Waals surface area contributed by atoms with E-state index in [4.69, 9.17) is 14.2 Å². The summed E-state index contributed by atoms with van der Waals surface area (Å²) in [6.07, 6.45) is 1.85. The summed E-state index contributed by atoms with van der Waals surface area (Å²) in [5, 5.41) is 0.648. The molecule has 3 aromatic carbocycles. The number of methoxy groups -OCH3 is 2. The fourth-order valence-electron chi connectivity index (χ4n) is 3.42. The van der Waals surface area contributed by atoms with Crippen LogP contribution in [0.15, 0.2) is 81.1 Å². The third-order valence-electron chi connectivity index (χ3n) is 5.29. The van der Waals surface area contributed by atoms with Gasteiger partial charge in [0.25, 0.3) is 5.91 Å². The van der Waals surface area contributed by atoms with Crippen LogP contribution in [0.1, 0.15) is 18.1 Å². The highest BCUT2D eigenvalue weighted by molar-refractivity contribution is 9.10. The first kappa shape index (κ1) is 24.9. The van der Waals surface area contributed by atoms with Gasteiger partial charge in [0.2, 0.25) is 0 Å². The first-order valence-corrected chi connectivity index (χ1v) is 12.6. The Kier molecular flexibility index (Phi) is 8.15. The fourth-order valence-corrected chi connectivity index (χ4v) is 4.75. The number of amidine groups is 1. The molecule has 3 aromatic rings. The fraction of sp³-hybridized carbons (Fsp3) is 0.185. The molecule has 0 N–H and O–H groups in total. The summed E-state index contributed by atoms with van der Waals surface area (Å²) in [5.41, 5.74) is 2.66. The van der Waals surface area contributed by atoms with E-state index in [9.17, 15) is 4.79 Å². The summed E-state index contributed by atoms with van der Waals surface area (Å²) >= 11 is 4.80. The summed E-state index contributed by atoms with van der Waals surface area (Å²) in [6.45, 7) is 2.89. The second kappa shape index (κ2) is 11.5. The van der Waals surface area contributed by atoms with E-state index in [1.165, 1.54) is 11.8 Å². The predicted octanol–water partition coefficient (Wildman–Crippen LogP) is 6.67. The Morgan fingerprint density at radius 3 is 2.37 bits per heavy atom. The minimum atomic E-state index is -0.0701. The first-order chi connectivity index (χ1) is 17.0. The van der Waals surface area contributed by atoms with E-state index in [-0.39, 0.29) is 5.91 Å². The third kappa shape index (κ3) is 6.07. The molecular weight excluding hydrogens is 528 g/mol. The number of likely N-dealkylation sites (N-methyl/N-ethyl adjacent to an activating group) is 1. The molecule has 1 saturated heterocycles. The largest absolute Gasteiger partial charge is 0.497 e. The summed E-state index contributed by atoms with van der Waals surface area (Å²) < 4.78 is 17.7. The SMILES string of the molecule is CCN1C(=O)/C(=C\c2ccc(OCc3ccc(Br)cc3)c(OC)c2)SC1=Nc1ccc(OC)cc1. The lowest BCUT2D eigenvalue weighted by Crippen LogP contribution is -2.28. The van der Waals surface area contributed by atoms with Crippen molar-refractivity contribution in [3.8, 4) is 17.2 Å². The van der Waals surface area contributed by atoms with Crippen LogP contribution in [0.5, 0.6) is 17.2 Å². The number of amides is 1. The first-order valence-electron chi connectivity index (χ1n) is 11.0. The number of hydrogen-bond donors (Lipinski definition) is 0. The third-order valence-corrected chi connectivity index (χ3v) is 6.83. The van der Waals surface area contributed by atoms with Crippen molar-refractivity contribution in [3.63, 3.8) is 0 Å². The van der Waals surface area contributed by atoms with Gasteiger partial charge in [-0.25, -0.2) is 4.99 Å². The van der Waals surface area contributed by atoms with Gasteiger partial charge in [0, 0.05) is 11.0 Å². The minimum Gasteiger partial charge on any atom is -0.497 e. The molecule has 0 radical (unpaired) electrons. The molecule has 6 nitrogen and oxygen atoms in total. The average molecular weight is 553 g/mol. The molecule has 8 heteroatoms. The highest BCUT2D eigenvalue weighted by Crippen LogP contribution is 2.36. The normalized spacial score (nSPS) is 15.7. The van der Waals surface area contributed by atoms with Gasteiger partial charge < -0.3 is 14.2 Å². The molecule has 0 atom stereocenters. The smallest absolute Gasteiger partial charge is 0.266 e. The quantitative estimate of drug-likeness (QED) is 0.292. The maximum atomic E-state index is 13.0. The molecule has 0 aromatic heterocycles. The number of thioether (sulfide) groups is 1. The Labute approximate surface area is 217 Å². The molecule has 1 heterocycles.